The van der Waals surface area contributed by atoms with Gasteiger partial charge < -0.3 is 14.6 Å². The Morgan fingerprint density at radius 3 is 2.27 bits per heavy atom. The van der Waals surface area contributed by atoms with Crippen LogP contribution in [0.5, 0.6) is 0 Å². The Bertz CT molecular complexity index is 787. The molecule has 1 amide bonds. The molecule has 2 fully saturated rings. The first-order chi connectivity index (χ1) is 12.3. The highest BCUT2D eigenvalue weighted by atomic mass is 32.2. The lowest BCUT2D eigenvalue weighted by Gasteiger charge is -2.28. The van der Waals surface area contributed by atoms with E-state index in [1.807, 2.05) is 0 Å². The second-order valence-corrected chi connectivity index (χ2v) is 8.98. The average molecular weight is 383 g/mol. The third kappa shape index (κ3) is 3.64. The van der Waals surface area contributed by atoms with Gasteiger partial charge in [-0.1, -0.05) is 0 Å². The molecule has 0 aliphatic carbocycles. The number of sulfonamides is 1. The summed E-state index contributed by atoms with van der Waals surface area (Å²) in [4.78, 5) is 25.6. The number of nitrogens with zero attached hydrogens (tertiary/aromatic N) is 3. The van der Waals surface area contributed by atoms with Crippen molar-refractivity contribution in [1.82, 2.24) is 13.8 Å². The predicted molar refractivity (Wildman–Crippen MR) is 94.3 cm³/mol. The van der Waals surface area contributed by atoms with E-state index in [1.54, 1.807) is 16.5 Å². The number of aryl methyl sites for hydroxylation is 1. The zero-order chi connectivity index (χ0) is 18.9. The molecule has 9 heteroatoms. The highest BCUT2D eigenvalue weighted by Gasteiger charge is 2.33. The molecule has 0 radical (unpaired) electrons. The number of carboxylic acids is 1. The van der Waals surface area contributed by atoms with Gasteiger partial charge in [0.15, 0.2) is 0 Å². The second-order valence-electron chi connectivity index (χ2n) is 7.04. The van der Waals surface area contributed by atoms with Gasteiger partial charge in [0.05, 0.1) is 5.92 Å². The van der Waals surface area contributed by atoms with Gasteiger partial charge in [0, 0.05) is 39.4 Å². The van der Waals surface area contributed by atoms with Crippen molar-refractivity contribution in [2.75, 3.05) is 26.2 Å². The normalized spacial score (nSPS) is 20.3. The summed E-state index contributed by atoms with van der Waals surface area (Å²) in [5.74, 6) is -1.51. The molecule has 8 nitrogen and oxygen atoms in total. The molecule has 0 unspecified atom stereocenters. The summed E-state index contributed by atoms with van der Waals surface area (Å²) in [6.07, 6.45) is 5.14. The van der Waals surface area contributed by atoms with Crippen LogP contribution < -0.4 is 0 Å². The van der Waals surface area contributed by atoms with Gasteiger partial charge in [-0.2, -0.15) is 4.31 Å². The maximum Gasteiger partial charge on any atom is 0.306 e. The molecule has 26 heavy (non-hydrogen) atoms. The fraction of sp³-hybridized carbons (Fsp3) is 0.647. The zero-order valence-corrected chi connectivity index (χ0v) is 15.7. The Labute approximate surface area is 153 Å². The van der Waals surface area contributed by atoms with Crippen LogP contribution in [0.2, 0.25) is 0 Å². The van der Waals surface area contributed by atoms with E-state index < -0.39 is 21.9 Å². The smallest absolute Gasteiger partial charge is 0.306 e. The van der Waals surface area contributed by atoms with Crippen molar-refractivity contribution in [3.8, 4) is 0 Å². The van der Waals surface area contributed by atoms with Crippen LogP contribution in [0.25, 0.3) is 0 Å². The Balaban J connectivity index is 1.77. The van der Waals surface area contributed by atoms with Crippen LogP contribution in [0.4, 0.5) is 0 Å². The van der Waals surface area contributed by atoms with Crippen molar-refractivity contribution in [3.63, 3.8) is 0 Å². The zero-order valence-electron chi connectivity index (χ0n) is 14.9. The van der Waals surface area contributed by atoms with E-state index >= 15 is 0 Å². The van der Waals surface area contributed by atoms with Gasteiger partial charge >= 0.3 is 5.97 Å². The SMILES string of the molecule is Cn1cc(S(=O)(=O)N2CCC(C(=O)O)CC2)cc1C(=O)N1CCCCC1. The van der Waals surface area contributed by atoms with Crippen molar-refractivity contribution in [2.24, 2.45) is 13.0 Å². The van der Waals surface area contributed by atoms with E-state index in [-0.39, 0.29) is 23.9 Å². The maximum atomic E-state index is 12.9. The summed E-state index contributed by atoms with van der Waals surface area (Å²) in [6.45, 7) is 1.77. The fourth-order valence-corrected chi connectivity index (χ4v) is 5.18. The van der Waals surface area contributed by atoms with E-state index in [9.17, 15) is 18.0 Å². The van der Waals surface area contributed by atoms with Gasteiger partial charge in [0.25, 0.3) is 5.91 Å². The van der Waals surface area contributed by atoms with Crippen molar-refractivity contribution >= 4 is 21.9 Å². The highest BCUT2D eigenvalue weighted by molar-refractivity contribution is 7.89. The topological polar surface area (TPSA) is 99.9 Å². The molecule has 3 heterocycles. The first kappa shape index (κ1) is 18.9. The monoisotopic (exact) mass is 383 g/mol. The van der Waals surface area contributed by atoms with Crippen molar-refractivity contribution in [3.05, 3.63) is 18.0 Å². The van der Waals surface area contributed by atoms with Gasteiger partial charge in [-0.05, 0) is 38.2 Å². The first-order valence-corrected chi connectivity index (χ1v) is 10.4. The number of piperidine rings is 2. The molecule has 0 aromatic carbocycles. The second kappa shape index (κ2) is 7.40. The van der Waals surface area contributed by atoms with Crippen LogP contribution in [0, 0.1) is 5.92 Å². The summed E-state index contributed by atoms with van der Waals surface area (Å²) < 4.78 is 28.6. The molecule has 0 spiro atoms. The number of hydrogen-bond acceptors (Lipinski definition) is 4. The first-order valence-electron chi connectivity index (χ1n) is 8.99. The van der Waals surface area contributed by atoms with Crippen molar-refractivity contribution in [1.29, 1.82) is 0 Å². The third-order valence-electron chi connectivity index (χ3n) is 5.28. The lowest BCUT2D eigenvalue weighted by molar-refractivity contribution is -0.142. The Hall–Kier alpha value is -1.87. The fourth-order valence-electron chi connectivity index (χ4n) is 3.64. The van der Waals surface area contributed by atoms with Crippen LogP contribution in [0.15, 0.2) is 17.2 Å². The van der Waals surface area contributed by atoms with E-state index in [4.69, 9.17) is 5.11 Å². The molecule has 0 bridgehead atoms. The highest BCUT2D eigenvalue weighted by Crippen LogP contribution is 2.25. The number of likely N-dealkylation sites (tertiary alicyclic amines) is 1. The number of amides is 1. The van der Waals surface area contributed by atoms with Crippen molar-refractivity contribution < 1.29 is 23.1 Å². The van der Waals surface area contributed by atoms with Crippen LogP contribution in [0.1, 0.15) is 42.6 Å². The van der Waals surface area contributed by atoms with Crippen molar-refractivity contribution in [2.45, 2.75) is 37.0 Å². The average Bonchev–Trinajstić information content (AvgIpc) is 3.04. The molecule has 2 saturated heterocycles. The van der Waals surface area contributed by atoms with E-state index in [0.717, 1.165) is 19.3 Å². The van der Waals surface area contributed by atoms with Gasteiger partial charge in [0.2, 0.25) is 10.0 Å². The third-order valence-corrected chi connectivity index (χ3v) is 7.15. The minimum atomic E-state index is -3.73. The number of aromatic nitrogens is 1. The van der Waals surface area contributed by atoms with Gasteiger partial charge in [-0.3, -0.25) is 9.59 Å². The Morgan fingerprint density at radius 2 is 1.69 bits per heavy atom. The quantitative estimate of drug-likeness (QED) is 0.840. The Morgan fingerprint density at radius 1 is 1.08 bits per heavy atom. The summed E-state index contributed by atoms with van der Waals surface area (Å²) >= 11 is 0. The van der Waals surface area contributed by atoms with E-state index in [0.29, 0.717) is 31.6 Å². The number of hydrogen-bond donors (Lipinski definition) is 1. The lowest BCUT2D eigenvalue weighted by atomic mass is 9.99. The van der Waals surface area contributed by atoms with Gasteiger partial charge in [-0.15, -0.1) is 0 Å². The summed E-state index contributed by atoms with van der Waals surface area (Å²) in [5, 5.41) is 9.06. The largest absolute Gasteiger partial charge is 0.481 e. The molecule has 1 N–H and O–H groups in total. The standard InChI is InChI=1S/C17H25N3O5S/c1-18-12-14(11-15(18)16(21)19-7-3-2-4-8-19)26(24,25)20-9-5-13(6-10-20)17(22)23/h11-13H,2-10H2,1H3,(H,22,23). The van der Waals surface area contributed by atoms with Gasteiger partial charge in [0.1, 0.15) is 10.6 Å². The molecule has 0 atom stereocenters. The molecular formula is C17H25N3O5S. The minimum absolute atomic E-state index is 0.0918. The van der Waals surface area contributed by atoms with E-state index in [2.05, 4.69) is 0 Å². The maximum absolute atomic E-state index is 12.9. The minimum Gasteiger partial charge on any atom is -0.481 e. The molecule has 2 aliphatic heterocycles. The molecule has 1 aromatic heterocycles. The molecular weight excluding hydrogens is 358 g/mol. The lowest BCUT2D eigenvalue weighted by Crippen LogP contribution is -2.40. The molecule has 2 aliphatic rings. The number of rotatable bonds is 4. The van der Waals surface area contributed by atoms with Crippen LogP contribution in [-0.4, -0.2) is 65.4 Å². The van der Waals surface area contributed by atoms with Crippen LogP contribution in [0.3, 0.4) is 0 Å². The molecule has 144 valence electrons. The van der Waals surface area contributed by atoms with Gasteiger partial charge in [-0.25, -0.2) is 8.42 Å². The van der Waals surface area contributed by atoms with Crippen LogP contribution in [-0.2, 0) is 21.9 Å². The summed E-state index contributed by atoms with van der Waals surface area (Å²) in [5.41, 5.74) is 0.367. The number of carbonyl (C=O) groups is 2. The molecule has 0 saturated carbocycles. The molecule has 3 rings (SSSR count). The predicted octanol–water partition coefficient (Wildman–Crippen LogP) is 1.14. The number of aliphatic carboxylic acids is 1. The summed E-state index contributed by atoms with van der Waals surface area (Å²) in [6, 6.07) is 1.44. The number of carbonyl (C=O) groups excluding carboxylic acids is 1. The Kier molecular flexibility index (Phi) is 5.38. The van der Waals surface area contributed by atoms with Crippen LogP contribution >= 0.6 is 0 Å². The number of carboxylic acid groups (broad SMARTS) is 1. The summed E-state index contributed by atoms with van der Waals surface area (Å²) in [7, 11) is -2.05. The molecule has 1 aromatic rings. The van der Waals surface area contributed by atoms with E-state index in [1.165, 1.54) is 16.6 Å².